The Labute approximate surface area is 173 Å². The molecule has 162 valence electrons. The number of nitrogens with two attached hydrogens (primary N) is 1. The highest BCUT2D eigenvalue weighted by atomic mass is 19.3. The van der Waals surface area contributed by atoms with Gasteiger partial charge in [0.2, 0.25) is 11.9 Å². The molecular weight excluding hydrogens is 396 g/mol. The molecule has 2 saturated heterocycles. The fourth-order valence-electron chi connectivity index (χ4n) is 3.56. The van der Waals surface area contributed by atoms with Gasteiger partial charge in [-0.3, -0.25) is 0 Å². The highest BCUT2D eigenvalue weighted by molar-refractivity contribution is 5.61. The van der Waals surface area contributed by atoms with E-state index in [1.165, 1.54) is 12.3 Å². The second-order valence-corrected chi connectivity index (χ2v) is 7.51. The Morgan fingerprint density at radius 3 is 2.07 bits per heavy atom. The molecule has 2 atom stereocenters. The van der Waals surface area contributed by atoms with E-state index in [-0.39, 0.29) is 29.4 Å². The number of ether oxygens (including phenoxy) is 2. The third-order valence-corrected chi connectivity index (χ3v) is 5.10. The van der Waals surface area contributed by atoms with Crippen LogP contribution in [0.2, 0.25) is 0 Å². The van der Waals surface area contributed by atoms with E-state index in [4.69, 9.17) is 15.2 Å². The van der Waals surface area contributed by atoms with Crippen molar-refractivity contribution in [1.82, 2.24) is 19.9 Å². The van der Waals surface area contributed by atoms with Crippen LogP contribution >= 0.6 is 0 Å². The molecule has 0 aliphatic carbocycles. The van der Waals surface area contributed by atoms with E-state index in [2.05, 4.69) is 19.9 Å². The minimum atomic E-state index is -2.74. The monoisotopic (exact) mass is 421 g/mol. The van der Waals surface area contributed by atoms with Crippen molar-refractivity contribution in [3.63, 3.8) is 0 Å². The number of nitrogens with zero attached hydrogens (tertiary/aromatic N) is 6. The first kappa shape index (κ1) is 20.6. The molecule has 2 aliphatic rings. The van der Waals surface area contributed by atoms with Crippen molar-refractivity contribution in [3.8, 4) is 11.4 Å². The summed E-state index contributed by atoms with van der Waals surface area (Å²) in [7, 11) is 0. The van der Waals surface area contributed by atoms with Gasteiger partial charge in [0.1, 0.15) is 5.82 Å². The lowest BCUT2D eigenvalue weighted by Crippen LogP contribution is -2.44. The number of halogens is 2. The maximum Gasteiger partial charge on any atom is 0.267 e. The van der Waals surface area contributed by atoms with Crippen LogP contribution in [0.25, 0.3) is 11.4 Å². The van der Waals surface area contributed by atoms with E-state index in [0.717, 1.165) is 0 Å². The van der Waals surface area contributed by atoms with Crippen molar-refractivity contribution in [2.45, 2.75) is 32.5 Å². The Balaban J connectivity index is 1.76. The molecule has 11 heteroatoms. The molecule has 30 heavy (non-hydrogen) atoms. The first-order valence-electron chi connectivity index (χ1n) is 9.94. The molecule has 0 bridgehead atoms. The SMILES string of the molecule is C[C@H]1CN(c2nc(-c3cnc(N)c(C(F)F)c3)nc(N3CCO[C@@H](C)C3)n2)CCO1. The number of rotatable bonds is 4. The summed E-state index contributed by atoms with van der Waals surface area (Å²) in [6.45, 7) is 7.62. The molecule has 9 nitrogen and oxygen atoms in total. The molecule has 2 aliphatic heterocycles. The van der Waals surface area contributed by atoms with E-state index in [9.17, 15) is 8.78 Å². The predicted molar refractivity (Wildman–Crippen MR) is 108 cm³/mol. The number of alkyl halides is 2. The summed E-state index contributed by atoms with van der Waals surface area (Å²) in [6.07, 6.45) is -1.25. The first-order chi connectivity index (χ1) is 14.4. The second kappa shape index (κ2) is 8.60. The lowest BCUT2D eigenvalue weighted by Gasteiger charge is -2.33. The van der Waals surface area contributed by atoms with Crippen LogP contribution < -0.4 is 15.5 Å². The van der Waals surface area contributed by atoms with Gasteiger partial charge in [0.25, 0.3) is 6.43 Å². The van der Waals surface area contributed by atoms with Gasteiger partial charge in [-0.2, -0.15) is 15.0 Å². The van der Waals surface area contributed by atoms with Crippen molar-refractivity contribution >= 4 is 17.7 Å². The molecule has 0 aromatic carbocycles. The summed E-state index contributed by atoms with van der Waals surface area (Å²) in [4.78, 5) is 21.8. The molecule has 2 fully saturated rings. The van der Waals surface area contributed by atoms with Crippen molar-refractivity contribution in [3.05, 3.63) is 17.8 Å². The second-order valence-electron chi connectivity index (χ2n) is 7.51. The molecule has 0 spiro atoms. The average molecular weight is 421 g/mol. The Morgan fingerprint density at radius 1 is 1.00 bits per heavy atom. The maximum atomic E-state index is 13.3. The van der Waals surface area contributed by atoms with Gasteiger partial charge < -0.3 is 25.0 Å². The zero-order valence-corrected chi connectivity index (χ0v) is 17.0. The average Bonchev–Trinajstić information content (AvgIpc) is 2.73. The van der Waals surface area contributed by atoms with Crippen LogP contribution in [0.4, 0.5) is 26.5 Å². The summed E-state index contributed by atoms with van der Waals surface area (Å²) in [5.74, 6) is 1.05. The largest absolute Gasteiger partial charge is 0.383 e. The Morgan fingerprint density at radius 2 is 1.57 bits per heavy atom. The fraction of sp³-hybridized carbons (Fsp3) is 0.579. The molecule has 0 unspecified atom stereocenters. The van der Waals surface area contributed by atoms with E-state index < -0.39 is 6.43 Å². The van der Waals surface area contributed by atoms with E-state index >= 15 is 0 Å². The molecular formula is C19H25F2N7O2. The summed E-state index contributed by atoms with van der Waals surface area (Å²) in [5.41, 5.74) is 5.63. The number of anilines is 3. The van der Waals surface area contributed by atoms with Gasteiger partial charge in [-0.15, -0.1) is 0 Å². The fourth-order valence-corrected chi connectivity index (χ4v) is 3.56. The topological polar surface area (TPSA) is 103 Å². The Hall–Kier alpha value is -2.66. The first-order valence-corrected chi connectivity index (χ1v) is 9.94. The number of hydrogen-bond acceptors (Lipinski definition) is 9. The van der Waals surface area contributed by atoms with Crippen LogP contribution in [0.3, 0.4) is 0 Å². The summed E-state index contributed by atoms with van der Waals surface area (Å²) in [6, 6.07) is 1.29. The lowest BCUT2D eigenvalue weighted by molar-refractivity contribution is 0.0519. The van der Waals surface area contributed by atoms with Crippen molar-refractivity contribution in [2.75, 3.05) is 54.9 Å². The molecule has 4 rings (SSSR count). The summed E-state index contributed by atoms with van der Waals surface area (Å²) < 4.78 is 37.9. The summed E-state index contributed by atoms with van der Waals surface area (Å²) >= 11 is 0. The third-order valence-electron chi connectivity index (χ3n) is 5.10. The molecule has 0 saturated carbocycles. The standard InChI is InChI=1S/C19H25F2N7O2/c1-11-9-27(3-5-29-11)18-24-17(13-7-14(15(20)21)16(22)23-8-13)25-19(26-18)28-4-6-30-12(2)10-28/h7-8,11-12,15H,3-6,9-10H2,1-2H3,(H2,22,23)/t11-,12-/m0/s1. The number of nitrogen functional groups attached to an aromatic ring is 1. The lowest BCUT2D eigenvalue weighted by atomic mass is 10.2. The van der Waals surface area contributed by atoms with Gasteiger partial charge in [0.05, 0.1) is 31.0 Å². The van der Waals surface area contributed by atoms with Crippen molar-refractivity contribution in [1.29, 1.82) is 0 Å². The van der Waals surface area contributed by atoms with Crippen LogP contribution in [0.1, 0.15) is 25.8 Å². The van der Waals surface area contributed by atoms with Crippen LogP contribution in [0.5, 0.6) is 0 Å². The highest BCUT2D eigenvalue weighted by Gasteiger charge is 2.25. The molecule has 2 N–H and O–H groups in total. The molecule has 0 amide bonds. The number of pyridine rings is 1. The van der Waals surface area contributed by atoms with Crippen LogP contribution in [0.15, 0.2) is 12.3 Å². The number of morpholine rings is 2. The number of hydrogen-bond donors (Lipinski definition) is 1. The Kier molecular flexibility index (Phi) is 5.91. The minimum Gasteiger partial charge on any atom is -0.383 e. The van der Waals surface area contributed by atoms with Gasteiger partial charge in [-0.1, -0.05) is 0 Å². The van der Waals surface area contributed by atoms with E-state index in [1.807, 2.05) is 23.6 Å². The van der Waals surface area contributed by atoms with E-state index in [1.54, 1.807) is 0 Å². The Bertz CT molecular complexity index is 861. The van der Waals surface area contributed by atoms with Gasteiger partial charge in [-0.05, 0) is 19.9 Å². The van der Waals surface area contributed by atoms with Gasteiger partial charge >= 0.3 is 0 Å². The van der Waals surface area contributed by atoms with Gasteiger partial charge in [0, 0.05) is 37.9 Å². The quantitative estimate of drug-likeness (QED) is 0.793. The van der Waals surface area contributed by atoms with Gasteiger partial charge in [-0.25, -0.2) is 13.8 Å². The highest BCUT2D eigenvalue weighted by Crippen LogP contribution is 2.29. The number of aromatic nitrogens is 4. The molecule has 2 aromatic rings. The van der Waals surface area contributed by atoms with Gasteiger partial charge in [0.15, 0.2) is 5.82 Å². The maximum absolute atomic E-state index is 13.3. The molecule has 4 heterocycles. The van der Waals surface area contributed by atoms with E-state index in [0.29, 0.717) is 56.9 Å². The van der Waals surface area contributed by atoms with Crippen LogP contribution in [0, 0.1) is 0 Å². The molecule has 2 aromatic heterocycles. The summed E-state index contributed by atoms with van der Waals surface area (Å²) in [5, 5.41) is 0. The smallest absolute Gasteiger partial charge is 0.267 e. The van der Waals surface area contributed by atoms with Crippen molar-refractivity contribution < 1.29 is 18.3 Å². The zero-order chi connectivity index (χ0) is 21.3. The van der Waals surface area contributed by atoms with Crippen molar-refractivity contribution in [2.24, 2.45) is 0 Å². The predicted octanol–water partition coefficient (Wildman–Crippen LogP) is 1.90. The third kappa shape index (κ3) is 4.41. The zero-order valence-electron chi connectivity index (χ0n) is 17.0. The minimum absolute atomic E-state index is 0.0365. The van der Waals surface area contributed by atoms with Crippen LogP contribution in [-0.4, -0.2) is 71.5 Å². The normalized spacial score (nSPS) is 22.6. The van der Waals surface area contributed by atoms with Crippen LogP contribution in [-0.2, 0) is 9.47 Å². The molecule has 0 radical (unpaired) electrons.